The number of hydrogen-bond donors (Lipinski definition) is 2. The molecule has 9 heteroatoms. The molecule has 23 heavy (non-hydrogen) atoms. The molecule has 1 aliphatic heterocycles. The Morgan fingerprint density at radius 2 is 2.30 bits per heavy atom. The minimum atomic E-state index is 0. The lowest BCUT2D eigenvalue weighted by atomic mass is 10.1. The summed E-state index contributed by atoms with van der Waals surface area (Å²) in [6, 6.07) is 0.326. The van der Waals surface area contributed by atoms with Gasteiger partial charge in [-0.25, -0.2) is 9.67 Å². The van der Waals surface area contributed by atoms with Crippen LogP contribution in [0.5, 0.6) is 0 Å². The van der Waals surface area contributed by atoms with E-state index in [2.05, 4.69) is 30.8 Å². The van der Waals surface area contributed by atoms with Crippen LogP contribution in [-0.4, -0.2) is 50.1 Å². The van der Waals surface area contributed by atoms with Crippen LogP contribution in [0.25, 0.3) is 0 Å². The molecule has 0 amide bonds. The van der Waals surface area contributed by atoms with Gasteiger partial charge in [-0.3, -0.25) is 9.67 Å². The van der Waals surface area contributed by atoms with Crippen LogP contribution in [0.4, 0.5) is 0 Å². The number of guanidine groups is 1. The number of fused-ring (bicyclic) bond motifs is 1. The van der Waals surface area contributed by atoms with Gasteiger partial charge in [-0.2, -0.15) is 10.2 Å². The molecule has 0 fully saturated rings. The molecule has 8 nitrogen and oxygen atoms in total. The van der Waals surface area contributed by atoms with E-state index in [1.807, 2.05) is 28.7 Å². The summed E-state index contributed by atoms with van der Waals surface area (Å²) in [7, 11) is 1.79. The van der Waals surface area contributed by atoms with Crippen LogP contribution in [0.3, 0.4) is 0 Å². The molecule has 0 saturated heterocycles. The highest BCUT2D eigenvalue weighted by Gasteiger charge is 2.20. The van der Waals surface area contributed by atoms with Gasteiger partial charge in [-0.15, -0.1) is 24.0 Å². The molecule has 1 atom stereocenters. The number of aromatic nitrogens is 5. The first-order chi connectivity index (χ1) is 10.7. The standard InChI is InChI=1S/C14H22N8.HI/c1-11-7-18-21(8-11)6-5-16-14(15-2)20-12-3-4-13-17-10-19-22(13)9-12;/h7-8,10,12H,3-6,9H2,1-2H3,(H2,15,16,20);1H. The molecule has 3 heterocycles. The molecule has 0 bridgehead atoms. The van der Waals surface area contributed by atoms with Crippen molar-refractivity contribution in [3.8, 4) is 0 Å². The number of aryl methyl sites for hydroxylation is 2. The third-order valence-corrected chi connectivity index (χ3v) is 3.77. The van der Waals surface area contributed by atoms with E-state index in [0.29, 0.717) is 6.04 Å². The van der Waals surface area contributed by atoms with Gasteiger partial charge in [0.15, 0.2) is 5.96 Å². The van der Waals surface area contributed by atoms with Crippen LogP contribution in [0.2, 0.25) is 0 Å². The molecular weight excluding hydrogens is 407 g/mol. The topological polar surface area (TPSA) is 84.9 Å². The van der Waals surface area contributed by atoms with Crippen molar-refractivity contribution < 1.29 is 0 Å². The molecule has 0 aromatic carbocycles. The first-order valence-electron chi connectivity index (χ1n) is 7.57. The maximum Gasteiger partial charge on any atom is 0.191 e. The van der Waals surface area contributed by atoms with Crippen molar-refractivity contribution in [2.24, 2.45) is 4.99 Å². The van der Waals surface area contributed by atoms with Crippen molar-refractivity contribution in [3.63, 3.8) is 0 Å². The average Bonchev–Trinajstić information content (AvgIpc) is 3.14. The molecule has 0 aliphatic carbocycles. The fourth-order valence-corrected chi connectivity index (χ4v) is 2.62. The Morgan fingerprint density at radius 3 is 3.04 bits per heavy atom. The summed E-state index contributed by atoms with van der Waals surface area (Å²) in [5.74, 6) is 1.88. The second kappa shape index (κ2) is 8.27. The largest absolute Gasteiger partial charge is 0.355 e. The van der Waals surface area contributed by atoms with E-state index in [1.165, 1.54) is 5.56 Å². The van der Waals surface area contributed by atoms with Crippen molar-refractivity contribution >= 4 is 29.9 Å². The van der Waals surface area contributed by atoms with Gasteiger partial charge in [0.1, 0.15) is 12.2 Å². The molecule has 0 radical (unpaired) electrons. The van der Waals surface area contributed by atoms with E-state index >= 15 is 0 Å². The summed E-state index contributed by atoms with van der Waals surface area (Å²) >= 11 is 0. The van der Waals surface area contributed by atoms with E-state index in [0.717, 1.165) is 44.3 Å². The van der Waals surface area contributed by atoms with Crippen molar-refractivity contribution in [1.29, 1.82) is 0 Å². The SMILES string of the molecule is CN=C(NCCn1cc(C)cn1)NC1CCc2ncnn2C1.I. The Hall–Kier alpha value is -1.65. The zero-order valence-electron chi connectivity index (χ0n) is 13.4. The lowest BCUT2D eigenvalue weighted by Gasteiger charge is -2.25. The van der Waals surface area contributed by atoms with Gasteiger partial charge in [0, 0.05) is 32.3 Å². The van der Waals surface area contributed by atoms with Crippen LogP contribution in [0, 0.1) is 6.92 Å². The Bertz CT molecular complexity index is 647. The molecule has 0 spiro atoms. The molecule has 3 rings (SSSR count). The predicted molar refractivity (Wildman–Crippen MR) is 99.0 cm³/mol. The molecule has 1 unspecified atom stereocenters. The summed E-state index contributed by atoms with van der Waals surface area (Å²) in [6.45, 7) is 4.46. The summed E-state index contributed by atoms with van der Waals surface area (Å²) < 4.78 is 3.89. The Balaban J connectivity index is 0.00000192. The quantitative estimate of drug-likeness (QED) is 0.421. The maximum absolute atomic E-state index is 4.28. The fraction of sp³-hybridized carbons (Fsp3) is 0.571. The van der Waals surface area contributed by atoms with Crippen LogP contribution >= 0.6 is 24.0 Å². The van der Waals surface area contributed by atoms with E-state index in [9.17, 15) is 0 Å². The molecule has 2 N–H and O–H groups in total. The van der Waals surface area contributed by atoms with E-state index in [4.69, 9.17) is 0 Å². The normalized spacial score (nSPS) is 17.3. The zero-order chi connectivity index (χ0) is 15.4. The number of rotatable bonds is 4. The monoisotopic (exact) mass is 430 g/mol. The van der Waals surface area contributed by atoms with Gasteiger partial charge in [-0.05, 0) is 18.9 Å². The van der Waals surface area contributed by atoms with Gasteiger partial charge in [0.05, 0.1) is 19.3 Å². The number of halogens is 1. The molecule has 1 aliphatic rings. The van der Waals surface area contributed by atoms with Crippen molar-refractivity contribution in [2.75, 3.05) is 13.6 Å². The van der Waals surface area contributed by atoms with Crippen LogP contribution < -0.4 is 10.6 Å². The zero-order valence-corrected chi connectivity index (χ0v) is 15.8. The van der Waals surface area contributed by atoms with E-state index in [1.54, 1.807) is 13.4 Å². The highest BCUT2D eigenvalue weighted by Crippen LogP contribution is 2.11. The number of nitrogens with one attached hydrogen (secondary N) is 2. The fourth-order valence-electron chi connectivity index (χ4n) is 2.62. The highest BCUT2D eigenvalue weighted by atomic mass is 127. The minimum Gasteiger partial charge on any atom is -0.355 e. The van der Waals surface area contributed by atoms with Gasteiger partial charge in [0.25, 0.3) is 0 Å². The molecular formula is C14H23IN8. The average molecular weight is 430 g/mol. The molecule has 2 aromatic heterocycles. The molecule has 126 valence electrons. The number of nitrogens with zero attached hydrogens (tertiary/aromatic N) is 6. The van der Waals surface area contributed by atoms with Crippen LogP contribution in [0.1, 0.15) is 17.8 Å². The van der Waals surface area contributed by atoms with Gasteiger partial charge in [0.2, 0.25) is 0 Å². The van der Waals surface area contributed by atoms with Gasteiger partial charge >= 0.3 is 0 Å². The van der Waals surface area contributed by atoms with Crippen molar-refractivity contribution in [3.05, 3.63) is 30.1 Å². The van der Waals surface area contributed by atoms with Crippen LogP contribution in [-0.2, 0) is 19.5 Å². The first-order valence-corrected chi connectivity index (χ1v) is 7.57. The number of aliphatic imine (C=N–C) groups is 1. The Labute approximate surface area is 152 Å². The van der Waals surface area contributed by atoms with E-state index in [-0.39, 0.29) is 24.0 Å². The first kappa shape index (κ1) is 17.7. The number of hydrogen-bond acceptors (Lipinski definition) is 4. The summed E-state index contributed by atoms with van der Waals surface area (Å²) in [4.78, 5) is 8.53. The Morgan fingerprint density at radius 1 is 1.43 bits per heavy atom. The second-order valence-electron chi connectivity index (χ2n) is 5.52. The lowest BCUT2D eigenvalue weighted by molar-refractivity contribution is 0.392. The van der Waals surface area contributed by atoms with Gasteiger partial charge in [-0.1, -0.05) is 0 Å². The van der Waals surface area contributed by atoms with Crippen molar-refractivity contribution in [2.45, 2.75) is 38.9 Å². The van der Waals surface area contributed by atoms with Gasteiger partial charge < -0.3 is 10.6 Å². The molecule has 2 aromatic rings. The lowest BCUT2D eigenvalue weighted by Crippen LogP contribution is -2.47. The van der Waals surface area contributed by atoms with Crippen molar-refractivity contribution in [1.82, 2.24) is 35.2 Å². The minimum absolute atomic E-state index is 0. The second-order valence-corrected chi connectivity index (χ2v) is 5.52. The summed E-state index contributed by atoms with van der Waals surface area (Å²) in [5, 5.41) is 15.3. The van der Waals surface area contributed by atoms with Crippen LogP contribution in [0.15, 0.2) is 23.7 Å². The molecule has 0 saturated carbocycles. The third kappa shape index (κ3) is 4.66. The Kier molecular flexibility index (Phi) is 6.37. The maximum atomic E-state index is 4.28. The van der Waals surface area contributed by atoms with E-state index < -0.39 is 0 Å². The highest BCUT2D eigenvalue weighted by molar-refractivity contribution is 14.0. The summed E-state index contributed by atoms with van der Waals surface area (Å²) in [6.07, 6.45) is 7.51. The summed E-state index contributed by atoms with van der Waals surface area (Å²) in [5.41, 5.74) is 1.17. The third-order valence-electron chi connectivity index (χ3n) is 3.77. The predicted octanol–water partition coefficient (Wildman–Crippen LogP) is 0.581. The smallest absolute Gasteiger partial charge is 0.191 e.